The summed E-state index contributed by atoms with van der Waals surface area (Å²) in [5, 5.41) is 47.4. The van der Waals surface area contributed by atoms with Gasteiger partial charge in [0.25, 0.3) is 5.91 Å². The summed E-state index contributed by atoms with van der Waals surface area (Å²) in [6.07, 6.45) is -4.88. The highest BCUT2D eigenvalue weighted by Gasteiger charge is 2.37. The second-order valence-corrected chi connectivity index (χ2v) is 10.6. The van der Waals surface area contributed by atoms with E-state index < -0.39 is 30.3 Å². The summed E-state index contributed by atoms with van der Waals surface area (Å²) >= 11 is 0. The smallest absolute Gasteiger partial charge is 0.262 e. The van der Waals surface area contributed by atoms with E-state index in [1.165, 1.54) is 0 Å². The van der Waals surface area contributed by atoms with Gasteiger partial charge in [0.05, 0.1) is 19.8 Å². The van der Waals surface area contributed by atoms with Gasteiger partial charge in [-0.15, -0.1) is 0 Å². The van der Waals surface area contributed by atoms with E-state index in [2.05, 4.69) is 33.7 Å². The van der Waals surface area contributed by atoms with E-state index >= 15 is 0 Å². The standard InChI is InChI=1S/C31H36N4O7/c1-19(24(16-32)31(39)34-17-28-30(38)29(37)25(36)18-41-28)26-6-7-27(42-26)22-3-2-21-15-23(5-4-20(21)14-22)33-8-9-35-10-12-40-13-11-35/h2-7,14-15,25,28-30,33,36-38H,8-13,17-18H2,1H3,(H,34,39). The summed E-state index contributed by atoms with van der Waals surface area (Å²) in [7, 11) is 0. The third kappa shape index (κ3) is 6.82. The van der Waals surface area contributed by atoms with Crippen molar-refractivity contribution >= 4 is 27.9 Å². The number of aliphatic hydroxyl groups is 3. The molecule has 3 heterocycles. The van der Waals surface area contributed by atoms with Crippen LogP contribution in [0.15, 0.2) is 58.5 Å². The minimum absolute atomic E-state index is 0.144. The Hall–Kier alpha value is -3.76. The molecule has 2 aromatic carbocycles. The molecule has 3 aromatic rings. The summed E-state index contributed by atoms with van der Waals surface area (Å²) in [6, 6.07) is 17.7. The number of aliphatic hydroxyl groups excluding tert-OH is 3. The van der Waals surface area contributed by atoms with Gasteiger partial charge in [-0.2, -0.15) is 5.26 Å². The van der Waals surface area contributed by atoms with Gasteiger partial charge >= 0.3 is 0 Å². The van der Waals surface area contributed by atoms with Crippen LogP contribution >= 0.6 is 0 Å². The first-order valence-corrected chi connectivity index (χ1v) is 14.1. The Kier molecular flexibility index (Phi) is 9.54. The molecular weight excluding hydrogens is 540 g/mol. The Morgan fingerprint density at radius 1 is 1.05 bits per heavy atom. The normalized spacial score (nSPS) is 23.7. The van der Waals surface area contributed by atoms with E-state index in [9.17, 15) is 25.4 Å². The highest BCUT2D eigenvalue weighted by Crippen LogP contribution is 2.30. The Balaban J connectivity index is 1.22. The molecule has 2 saturated heterocycles. The van der Waals surface area contributed by atoms with Crippen LogP contribution in [0.1, 0.15) is 12.7 Å². The van der Waals surface area contributed by atoms with Crippen molar-refractivity contribution in [3.05, 3.63) is 59.9 Å². The highest BCUT2D eigenvalue weighted by atomic mass is 16.5. The molecule has 2 aliphatic rings. The van der Waals surface area contributed by atoms with Crippen LogP contribution in [0, 0.1) is 11.3 Å². The molecule has 0 bridgehead atoms. The van der Waals surface area contributed by atoms with Gasteiger partial charge in [-0.05, 0) is 48.0 Å². The van der Waals surface area contributed by atoms with Gasteiger partial charge in [-0.25, -0.2) is 0 Å². The predicted octanol–water partition coefficient (Wildman–Crippen LogP) is 1.74. The molecule has 5 N–H and O–H groups in total. The van der Waals surface area contributed by atoms with E-state index in [0.717, 1.165) is 61.4 Å². The van der Waals surface area contributed by atoms with Crippen molar-refractivity contribution in [2.45, 2.75) is 31.3 Å². The molecular formula is C31H36N4O7. The average Bonchev–Trinajstić information content (AvgIpc) is 3.51. The van der Waals surface area contributed by atoms with Crippen LogP contribution < -0.4 is 10.6 Å². The fourth-order valence-corrected chi connectivity index (χ4v) is 5.14. The number of ether oxygens (including phenoxy) is 2. The van der Waals surface area contributed by atoms with Gasteiger partial charge in [0.1, 0.15) is 47.6 Å². The summed E-state index contributed by atoms with van der Waals surface area (Å²) in [4.78, 5) is 15.2. The van der Waals surface area contributed by atoms with Crippen molar-refractivity contribution in [2.75, 3.05) is 57.9 Å². The first-order chi connectivity index (χ1) is 20.3. The lowest BCUT2D eigenvalue weighted by atomic mass is 10.00. The van der Waals surface area contributed by atoms with E-state index in [4.69, 9.17) is 13.9 Å². The molecule has 42 heavy (non-hydrogen) atoms. The first kappa shape index (κ1) is 29.7. The largest absolute Gasteiger partial charge is 0.456 e. The Morgan fingerprint density at radius 3 is 2.60 bits per heavy atom. The second-order valence-electron chi connectivity index (χ2n) is 10.6. The number of carbonyl (C=O) groups excluding carboxylic acids is 1. The van der Waals surface area contributed by atoms with Crippen LogP contribution in [-0.4, -0.2) is 103 Å². The molecule has 0 aliphatic carbocycles. The van der Waals surface area contributed by atoms with Crippen molar-refractivity contribution < 1.29 is 34.0 Å². The number of furan rings is 1. The second kappa shape index (κ2) is 13.5. The first-order valence-electron chi connectivity index (χ1n) is 14.1. The molecule has 4 unspecified atom stereocenters. The Bertz CT molecular complexity index is 1470. The fraction of sp³-hybridized carbons (Fsp3) is 0.419. The predicted molar refractivity (Wildman–Crippen MR) is 156 cm³/mol. The van der Waals surface area contributed by atoms with Gasteiger partial charge in [0.15, 0.2) is 0 Å². The molecule has 2 aliphatic heterocycles. The molecule has 0 radical (unpaired) electrons. The number of allylic oxidation sites excluding steroid dienone is 1. The zero-order valence-electron chi connectivity index (χ0n) is 23.5. The minimum atomic E-state index is -1.38. The lowest BCUT2D eigenvalue weighted by molar-refractivity contribution is -0.185. The molecule has 1 amide bonds. The average molecular weight is 577 g/mol. The minimum Gasteiger partial charge on any atom is -0.456 e. The Morgan fingerprint density at radius 2 is 1.81 bits per heavy atom. The molecule has 0 saturated carbocycles. The van der Waals surface area contributed by atoms with Crippen LogP contribution in [0.5, 0.6) is 0 Å². The molecule has 0 spiro atoms. The number of nitriles is 1. The molecule has 11 nitrogen and oxygen atoms in total. The van der Waals surface area contributed by atoms with E-state index in [0.29, 0.717) is 17.1 Å². The molecule has 222 valence electrons. The van der Waals surface area contributed by atoms with Gasteiger partial charge in [0.2, 0.25) is 0 Å². The van der Waals surface area contributed by atoms with Crippen LogP contribution in [0.4, 0.5) is 5.69 Å². The fourth-order valence-electron chi connectivity index (χ4n) is 5.14. The van der Waals surface area contributed by atoms with Crippen LogP contribution in [0.25, 0.3) is 27.7 Å². The van der Waals surface area contributed by atoms with Gasteiger partial charge in [-0.3, -0.25) is 9.69 Å². The van der Waals surface area contributed by atoms with Crippen LogP contribution in [-0.2, 0) is 14.3 Å². The van der Waals surface area contributed by atoms with Crippen molar-refractivity contribution in [3.63, 3.8) is 0 Å². The summed E-state index contributed by atoms with van der Waals surface area (Å²) < 4.78 is 16.8. The number of fused-ring (bicyclic) bond motifs is 1. The summed E-state index contributed by atoms with van der Waals surface area (Å²) in [6.45, 7) is 6.66. The topological polar surface area (TPSA) is 160 Å². The van der Waals surface area contributed by atoms with Crippen molar-refractivity contribution in [2.24, 2.45) is 0 Å². The lowest BCUT2D eigenvalue weighted by Crippen LogP contribution is -2.56. The molecule has 4 atom stereocenters. The number of benzene rings is 2. The third-order valence-electron chi connectivity index (χ3n) is 7.74. The van der Waals surface area contributed by atoms with Gasteiger partial charge < -0.3 is 39.8 Å². The van der Waals surface area contributed by atoms with Crippen molar-refractivity contribution in [1.82, 2.24) is 10.2 Å². The number of nitrogens with one attached hydrogen (secondary N) is 2. The number of hydrogen-bond acceptors (Lipinski definition) is 10. The maximum atomic E-state index is 12.8. The van der Waals surface area contributed by atoms with Gasteiger partial charge in [-0.1, -0.05) is 18.2 Å². The summed E-state index contributed by atoms with van der Waals surface area (Å²) in [5.41, 5.74) is 2.14. The Labute approximate surface area is 243 Å². The van der Waals surface area contributed by atoms with E-state index in [1.807, 2.05) is 24.3 Å². The third-order valence-corrected chi connectivity index (χ3v) is 7.74. The van der Waals surface area contributed by atoms with E-state index in [-0.39, 0.29) is 18.7 Å². The SMILES string of the molecule is CC(=C(C#N)C(=O)NCC1OCC(O)C(O)C1O)c1ccc(-c2ccc3cc(NCCN4CCOCC4)ccc3c2)o1. The van der Waals surface area contributed by atoms with E-state index in [1.54, 1.807) is 19.1 Å². The van der Waals surface area contributed by atoms with Crippen LogP contribution in [0.3, 0.4) is 0 Å². The molecule has 11 heteroatoms. The summed E-state index contributed by atoms with van der Waals surface area (Å²) in [5.74, 6) is 0.316. The quantitative estimate of drug-likeness (QED) is 0.188. The monoisotopic (exact) mass is 576 g/mol. The zero-order valence-corrected chi connectivity index (χ0v) is 23.5. The van der Waals surface area contributed by atoms with Gasteiger partial charge in [0, 0.05) is 49.5 Å². The number of nitrogens with zero attached hydrogens (tertiary/aromatic N) is 2. The highest BCUT2D eigenvalue weighted by molar-refractivity contribution is 6.04. The number of amides is 1. The maximum absolute atomic E-state index is 12.8. The lowest BCUT2D eigenvalue weighted by Gasteiger charge is -2.35. The molecule has 1 aromatic heterocycles. The molecule has 2 fully saturated rings. The van der Waals surface area contributed by atoms with Crippen LogP contribution in [0.2, 0.25) is 0 Å². The number of morpholine rings is 1. The number of rotatable bonds is 9. The number of anilines is 1. The molecule has 5 rings (SSSR count). The number of hydrogen-bond donors (Lipinski definition) is 5. The maximum Gasteiger partial charge on any atom is 0.262 e. The van der Waals surface area contributed by atoms with Crippen molar-refractivity contribution in [1.29, 1.82) is 5.26 Å². The zero-order chi connectivity index (χ0) is 29.6. The van der Waals surface area contributed by atoms with Crippen molar-refractivity contribution in [3.8, 4) is 17.4 Å². The number of carbonyl (C=O) groups is 1.